The Morgan fingerprint density at radius 1 is 1.22 bits per heavy atom. The molecule has 0 fully saturated rings. The van der Waals surface area contributed by atoms with E-state index >= 15 is 0 Å². The SMILES string of the molecule is CCNCC(=O)NCC(C)(C)c1ccc(C)cc1. The lowest BCUT2D eigenvalue weighted by Gasteiger charge is -2.26. The third-order valence-corrected chi connectivity index (χ3v) is 3.10. The molecule has 18 heavy (non-hydrogen) atoms. The summed E-state index contributed by atoms with van der Waals surface area (Å²) in [7, 11) is 0. The normalized spacial score (nSPS) is 11.3. The zero-order chi connectivity index (χ0) is 13.6. The zero-order valence-corrected chi connectivity index (χ0v) is 11.8. The first-order chi connectivity index (χ1) is 8.45. The molecule has 0 unspecified atom stereocenters. The molecule has 1 aromatic rings. The molecule has 1 aromatic carbocycles. The van der Waals surface area contributed by atoms with E-state index < -0.39 is 0 Å². The third kappa shape index (κ3) is 4.49. The van der Waals surface area contributed by atoms with Crippen molar-refractivity contribution in [3.05, 3.63) is 35.4 Å². The van der Waals surface area contributed by atoms with Gasteiger partial charge in [0.2, 0.25) is 5.91 Å². The summed E-state index contributed by atoms with van der Waals surface area (Å²) in [5, 5.41) is 5.99. The molecule has 3 heteroatoms. The predicted molar refractivity (Wildman–Crippen MR) is 75.8 cm³/mol. The topological polar surface area (TPSA) is 41.1 Å². The highest BCUT2D eigenvalue weighted by molar-refractivity contribution is 5.78. The monoisotopic (exact) mass is 248 g/mol. The van der Waals surface area contributed by atoms with Gasteiger partial charge in [-0.1, -0.05) is 50.6 Å². The van der Waals surface area contributed by atoms with Crippen molar-refractivity contribution in [2.24, 2.45) is 0 Å². The van der Waals surface area contributed by atoms with Crippen molar-refractivity contribution in [2.75, 3.05) is 19.6 Å². The molecule has 0 saturated carbocycles. The quantitative estimate of drug-likeness (QED) is 0.808. The number of hydrogen-bond acceptors (Lipinski definition) is 2. The number of hydrogen-bond donors (Lipinski definition) is 2. The van der Waals surface area contributed by atoms with E-state index in [9.17, 15) is 4.79 Å². The van der Waals surface area contributed by atoms with E-state index in [1.807, 2.05) is 6.92 Å². The summed E-state index contributed by atoms with van der Waals surface area (Å²) in [5.41, 5.74) is 2.46. The summed E-state index contributed by atoms with van der Waals surface area (Å²) in [6.45, 7) is 10.2. The second kappa shape index (κ2) is 6.55. The molecule has 0 atom stereocenters. The van der Waals surface area contributed by atoms with E-state index in [1.165, 1.54) is 11.1 Å². The largest absolute Gasteiger partial charge is 0.354 e. The van der Waals surface area contributed by atoms with Crippen molar-refractivity contribution in [2.45, 2.75) is 33.1 Å². The molecule has 2 N–H and O–H groups in total. The Hall–Kier alpha value is -1.35. The van der Waals surface area contributed by atoms with E-state index in [4.69, 9.17) is 0 Å². The number of carbonyl (C=O) groups excluding carboxylic acids is 1. The van der Waals surface area contributed by atoms with Gasteiger partial charge in [0, 0.05) is 12.0 Å². The lowest BCUT2D eigenvalue weighted by Crippen LogP contribution is -2.40. The average molecular weight is 248 g/mol. The second-order valence-electron chi connectivity index (χ2n) is 5.31. The molecule has 0 aliphatic rings. The molecule has 100 valence electrons. The van der Waals surface area contributed by atoms with E-state index in [0.717, 1.165) is 6.54 Å². The summed E-state index contributed by atoms with van der Waals surface area (Å²) >= 11 is 0. The van der Waals surface area contributed by atoms with Crippen LogP contribution in [0.5, 0.6) is 0 Å². The van der Waals surface area contributed by atoms with Crippen LogP contribution in [0.3, 0.4) is 0 Å². The van der Waals surface area contributed by atoms with Gasteiger partial charge in [-0.05, 0) is 19.0 Å². The Morgan fingerprint density at radius 3 is 2.39 bits per heavy atom. The van der Waals surface area contributed by atoms with Crippen LogP contribution < -0.4 is 10.6 Å². The molecule has 0 heterocycles. The van der Waals surface area contributed by atoms with Crippen LogP contribution in [0.4, 0.5) is 0 Å². The van der Waals surface area contributed by atoms with Crippen LogP contribution in [-0.4, -0.2) is 25.5 Å². The molecule has 3 nitrogen and oxygen atoms in total. The van der Waals surface area contributed by atoms with Crippen LogP contribution in [-0.2, 0) is 10.2 Å². The third-order valence-electron chi connectivity index (χ3n) is 3.10. The van der Waals surface area contributed by atoms with Gasteiger partial charge in [-0.15, -0.1) is 0 Å². The molecule has 0 spiro atoms. The highest BCUT2D eigenvalue weighted by Crippen LogP contribution is 2.22. The first-order valence-electron chi connectivity index (χ1n) is 6.50. The van der Waals surface area contributed by atoms with Gasteiger partial charge in [0.15, 0.2) is 0 Å². The predicted octanol–water partition coefficient (Wildman–Crippen LogP) is 2.00. The molecule has 1 amide bonds. The van der Waals surface area contributed by atoms with Crippen molar-refractivity contribution in [1.29, 1.82) is 0 Å². The summed E-state index contributed by atoms with van der Waals surface area (Å²) in [6.07, 6.45) is 0. The summed E-state index contributed by atoms with van der Waals surface area (Å²) in [4.78, 5) is 11.6. The maximum absolute atomic E-state index is 11.6. The maximum atomic E-state index is 11.6. The summed E-state index contributed by atoms with van der Waals surface area (Å²) < 4.78 is 0. The number of amides is 1. The molecule has 0 aliphatic heterocycles. The van der Waals surface area contributed by atoms with Crippen molar-refractivity contribution < 1.29 is 4.79 Å². The lowest BCUT2D eigenvalue weighted by atomic mass is 9.84. The Balaban J connectivity index is 2.54. The fourth-order valence-electron chi connectivity index (χ4n) is 1.73. The molecular weight excluding hydrogens is 224 g/mol. The smallest absolute Gasteiger partial charge is 0.233 e. The Morgan fingerprint density at radius 2 is 1.83 bits per heavy atom. The number of benzene rings is 1. The summed E-state index contributed by atoms with van der Waals surface area (Å²) in [5.74, 6) is 0.0528. The van der Waals surface area contributed by atoms with Crippen molar-refractivity contribution in [3.63, 3.8) is 0 Å². The van der Waals surface area contributed by atoms with Crippen LogP contribution in [0.25, 0.3) is 0 Å². The van der Waals surface area contributed by atoms with E-state index in [2.05, 4.69) is 55.7 Å². The number of carbonyl (C=O) groups is 1. The van der Waals surface area contributed by atoms with Gasteiger partial charge < -0.3 is 10.6 Å². The Bertz CT molecular complexity index is 382. The van der Waals surface area contributed by atoms with Gasteiger partial charge in [0.1, 0.15) is 0 Å². The van der Waals surface area contributed by atoms with Crippen molar-refractivity contribution in [3.8, 4) is 0 Å². The van der Waals surface area contributed by atoms with E-state index in [1.54, 1.807) is 0 Å². The molecule has 0 aromatic heterocycles. The number of aryl methyl sites for hydroxylation is 1. The number of rotatable bonds is 6. The van der Waals surface area contributed by atoms with Crippen LogP contribution in [0.2, 0.25) is 0 Å². The van der Waals surface area contributed by atoms with E-state index in [0.29, 0.717) is 13.1 Å². The average Bonchev–Trinajstić information content (AvgIpc) is 2.34. The summed E-state index contributed by atoms with van der Waals surface area (Å²) in [6, 6.07) is 8.48. The first kappa shape index (κ1) is 14.7. The van der Waals surface area contributed by atoms with Gasteiger partial charge in [-0.2, -0.15) is 0 Å². The standard InChI is InChI=1S/C15H24N2O/c1-5-16-10-14(18)17-11-15(3,4)13-8-6-12(2)7-9-13/h6-9,16H,5,10-11H2,1-4H3,(H,17,18). The van der Waals surface area contributed by atoms with Gasteiger partial charge >= 0.3 is 0 Å². The fraction of sp³-hybridized carbons (Fsp3) is 0.533. The molecular formula is C15H24N2O. The van der Waals surface area contributed by atoms with E-state index in [-0.39, 0.29) is 11.3 Å². The van der Waals surface area contributed by atoms with Crippen molar-refractivity contribution >= 4 is 5.91 Å². The fourth-order valence-corrected chi connectivity index (χ4v) is 1.73. The minimum Gasteiger partial charge on any atom is -0.354 e. The minimum absolute atomic E-state index is 0.0461. The van der Waals surface area contributed by atoms with Crippen molar-refractivity contribution in [1.82, 2.24) is 10.6 Å². The van der Waals surface area contributed by atoms with Crippen LogP contribution in [0.15, 0.2) is 24.3 Å². The van der Waals surface area contributed by atoms with Crippen LogP contribution in [0, 0.1) is 6.92 Å². The molecule has 0 bridgehead atoms. The Kier molecular flexibility index (Phi) is 5.35. The highest BCUT2D eigenvalue weighted by Gasteiger charge is 2.20. The van der Waals surface area contributed by atoms with Gasteiger partial charge in [-0.25, -0.2) is 0 Å². The van der Waals surface area contributed by atoms with Gasteiger partial charge in [0.25, 0.3) is 0 Å². The molecule has 0 saturated heterocycles. The minimum atomic E-state index is -0.0461. The highest BCUT2D eigenvalue weighted by atomic mass is 16.1. The number of likely N-dealkylation sites (N-methyl/N-ethyl adjacent to an activating group) is 1. The maximum Gasteiger partial charge on any atom is 0.233 e. The van der Waals surface area contributed by atoms with Gasteiger partial charge in [0.05, 0.1) is 6.54 Å². The number of nitrogens with one attached hydrogen (secondary N) is 2. The zero-order valence-electron chi connectivity index (χ0n) is 11.8. The van der Waals surface area contributed by atoms with Gasteiger partial charge in [-0.3, -0.25) is 4.79 Å². The van der Waals surface area contributed by atoms with Crippen LogP contribution in [0.1, 0.15) is 31.9 Å². The molecule has 0 aliphatic carbocycles. The van der Waals surface area contributed by atoms with Crippen LogP contribution >= 0.6 is 0 Å². The molecule has 1 rings (SSSR count). The molecule has 0 radical (unpaired) electrons. The first-order valence-corrected chi connectivity index (χ1v) is 6.50. The second-order valence-corrected chi connectivity index (χ2v) is 5.31. The Labute approximate surface area is 110 Å². The lowest BCUT2D eigenvalue weighted by molar-refractivity contribution is -0.120.